The van der Waals surface area contributed by atoms with Gasteiger partial charge in [0.2, 0.25) is 15.9 Å². The number of nitrogens with one attached hydrogen (secondary N) is 1. The van der Waals surface area contributed by atoms with Crippen molar-refractivity contribution in [2.24, 2.45) is 11.8 Å². The highest BCUT2D eigenvalue weighted by atomic mass is 32.2. The molecule has 2 saturated carbocycles. The molecule has 0 aromatic heterocycles. The number of rotatable bonds is 4. The smallest absolute Gasteiger partial charge is 0.240 e. The Bertz CT molecular complexity index is 408. The normalized spacial score (nSPS) is 31.8. The van der Waals surface area contributed by atoms with E-state index in [1.165, 1.54) is 0 Å². The Hall–Kier alpha value is -0.840. The molecule has 1 amide bonds. The molecule has 0 saturated heterocycles. The zero-order valence-corrected chi connectivity index (χ0v) is 9.51. The maximum atomic E-state index is 11.7. The average molecular weight is 229 g/mol. The number of hydrogen-bond donors (Lipinski definition) is 1. The van der Waals surface area contributed by atoms with Crippen LogP contribution in [0.5, 0.6) is 0 Å². The van der Waals surface area contributed by atoms with Gasteiger partial charge in [-0.25, -0.2) is 8.42 Å². The molecule has 2 fully saturated rings. The Morgan fingerprint density at radius 2 is 2.13 bits per heavy atom. The number of carbonyl (C=O) groups excluding carboxylic acids is 1. The van der Waals surface area contributed by atoms with E-state index in [0.29, 0.717) is 12.8 Å². The SMILES string of the molecule is C=CC1C[C@@H]1C(=O)NS(=O)(=O)C1(C)CC1. The van der Waals surface area contributed by atoms with Gasteiger partial charge in [0.1, 0.15) is 0 Å². The van der Waals surface area contributed by atoms with Gasteiger partial charge in [0.05, 0.1) is 4.75 Å². The summed E-state index contributed by atoms with van der Waals surface area (Å²) >= 11 is 0. The van der Waals surface area contributed by atoms with Crippen LogP contribution in [0, 0.1) is 11.8 Å². The highest BCUT2D eigenvalue weighted by Crippen LogP contribution is 2.44. The van der Waals surface area contributed by atoms with Gasteiger partial charge in [0, 0.05) is 5.92 Å². The summed E-state index contributed by atoms with van der Waals surface area (Å²) in [5, 5.41) is 0. The maximum absolute atomic E-state index is 11.7. The minimum atomic E-state index is -3.46. The fourth-order valence-corrected chi connectivity index (χ4v) is 2.85. The monoisotopic (exact) mass is 229 g/mol. The van der Waals surface area contributed by atoms with Gasteiger partial charge in [-0.1, -0.05) is 6.08 Å². The number of allylic oxidation sites excluding steroid dienone is 1. The molecule has 0 aromatic rings. The number of hydrogen-bond acceptors (Lipinski definition) is 3. The van der Waals surface area contributed by atoms with Crippen LogP contribution < -0.4 is 4.72 Å². The van der Waals surface area contributed by atoms with Crippen LogP contribution in [-0.2, 0) is 14.8 Å². The van der Waals surface area contributed by atoms with Crippen LogP contribution >= 0.6 is 0 Å². The van der Waals surface area contributed by atoms with Gasteiger partial charge in [0.15, 0.2) is 0 Å². The zero-order chi connectivity index (χ0) is 11.3. The molecular formula is C10H15NO3S. The first-order valence-corrected chi connectivity index (χ1v) is 6.57. The molecule has 0 spiro atoms. The maximum Gasteiger partial charge on any atom is 0.240 e. The third-order valence-electron chi connectivity index (χ3n) is 3.32. The molecular weight excluding hydrogens is 214 g/mol. The number of amides is 1. The minimum Gasteiger partial charge on any atom is -0.274 e. The van der Waals surface area contributed by atoms with Crippen LogP contribution in [0.4, 0.5) is 0 Å². The summed E-state index contributed by atoms with van der Waals surface area (Å²) < 4.78 is 24.9. The van der Waals surface area contributed by atoms with E-state index in [9.17, 15) is 13.2 Å². The van der Waals surface area contributed by atoms with E-state index in [1.807, 2.05) is 0 Å². The van der Waals surface area contributed by atoms with Crippen LogP contribution in [0.25, 0.3) is 0 Å². The van der Waals surface area contributed by atoms with Crippen molar-refractivity contribution in [3.05, 3.63) is 12.7 Å². The van der Waals surface area contributed by atoms with E-state index in [1.54, 1.807) is 13.0 Å². The molecule has 0 aromatic carbocycles. The van der Waals surface area contributed by atoms with E-state index in [-0.39, 0.29) is 17.7 Å². The Labute approximate surface area is 89.8 Å². The quantitative estimate of drug-likeness (QED) is 0.725. The highest BCUT2D eigenvalue weighted by molar-refractivity contribution is 7.91. The van der Waals surface area contributed by atoms with Gasteiger partial charge in [-0.15, -0.1) is 6.58 Å². The van der Waals surface area contributed by atoms with Crippen molar-refractivity contribution in [2.45, 2.75) is 30.9 Å². The molecule has 2 aliphatic rings. The van der Waals surface area contributed by atoms with Crippen molar-refractivity contribution in [3.8, 4) is 0 Å². The first kappa shape index (κ1) is 10.7. The standard InChI is InChI=1S/C10H15NO3S/c1-3-7-6-8(7)9(12)11-15(13,14)10(2)4-5-10/h3,7-8H,1,4-6H2,2H3,(H,11,12)/t7?,8-/m0/s1. The van der Waals surface area contributed by atoms with Gasteiger partial charge < -0.3 is 0 Å². The van der Waals surface area contributed by atoms with Crippen molar-refractivity contribution < 1.29 is 13.2 Å². The second-order valence-electron chi connectivity index (χ2n) is 4.66. The molecule has 15 heavy (non-hydrogen) atoms. The largest absolute Gasteiger partial charge is 0.274 e. The van der Waals surface area contributed by atoms with Crippen LogP contribution in [-0.4, -0.2) is 19.1 Å². The van der Waals surface area contributed by atoms with E-state index in [2.05, 4.69) is 11.3 Å². The summed E-state index contributed by atoms with van der Waals surface area (Å²) in [5.74, 6) is -0.389. The molecule has 2 atom stereocenters. The molecule has 1 N–H and O–H groups in total. The van der Waals surface area contributed by atoms with Crippen LogP contribution in [0.15, 0.2) is 12.7 Å². The fourth-order valence-electron chi connectivity index (χ4n) is 1.55. The lowest BCUT2D eigenvalue weighted by Crippen LogP contribution is -2.39. The third-order valence-corrected chi connectivity index (χ3v) is 5.49. The molecule has 0 heterocycles. The van der Waals surface area contributed by atoms with Crippen molar-refractivity contribution in [1.82, 2.24) is 4.72 Å². The predicted octanol–water partition coefficient (Wildman–Crippen LogP) is 0.807. The average Bonchev–Trinajstić information content (AvgIpc) is 2.97. The minimum absolute atomic E-state index is 0.159. The first-order chi connectivity index (χ1) is 6.89. The molecule has 0 radical (unpaired) electrons. The second-order valence-corrected chi connectivity index (χ2v) is 6.86. The van der Waals surface area contributed by atoms with Gasteiger partial charge in [-0.05, 0) is 32.1 Å². The van der Waals surface area contributed by atoms with Crippen LogP contribution in [0.3, 0.4) is 0 Å². The molecule has 2 rings (SSSR count). The van der Waals surface area contributed by atoms with Crippen molar-refractivity contribution >= 4 is 15.9 Å². The van der Waals surface area contributed by atoms with E-state index < -0.39 is 14.8 Å². The van der Waals surface area contributed by atoms with Gasteiger partial charge in [-0.3, -0.25) is 9.52 Å². The summed E-state index contributed by atoms with van der Waals surface area (Å²) in [4.78, 5) is 11.5. The van der Waals surface area contributed by atoms with Gasteiger partial charge in [0.25, 0.3) is 0 Å². The number of carbonyl (C=O) groups is 1. The molecule has 1 unspecified atom stereocenters. The van der Waals surface area contributed by atoms with Crippen molar-refractivity contribution in [3.63, 3.8) is 0 Å². The Kier molecular flexibility index (Phi) is 2.19. The summed E-state index contributed by atoms with van der Waals surface area (Å²) in [7, 11) is -3.46. The van der Waals surface area contributed by atoms with Crippen LogP contribution in [0.1, 0.15) is 26.2 Å². The Balaban J connectivity index is 1.98. The molecule has 4 nitrogen and oxygen atoms in total. The summed E-state index contributed by atoms with van der Waals surface area (Å²) in [5.41, 5.74) is 0. The molecule has 0 bridgehead atoms. The third kappa shape index (κ3) is 1.80. The summed E-state index contributed by atoms with van der Waals surface area (Å²) in [6, 6.07) is 0. The second kappa shape index (κ2) is 3.07. The molecule has 84 valence electrons. The van der Waals surface area contributed by atoms with E-state index in [4.69, 9.17) is 0 Å². The Morgan fingerprint density at radius 1 is 1.53 bits per heavy atom. The predicted molar refractivity (Wildman–Crippen MR) is 56.5 cm³/mol. The summed E-state index contributed by atoms with van der Waals surface area (Å²) in [6.07, 6.45) is 3.72. The summed E-state index contributed by atoms with van der Waals surface area (Å²) in [6.45, 7) is 5.25. The topological polar surface area (TPSA) is 63.2 Å². The zero-order valence-electron chi connectivity index (χ0n) is 8.69. The van der Waals surface area contributed by atoms with Gasteiger partial charge >= 0.3 is 0 Å². The first-order valence-electron chi connectivity index (χ1n) is 5.08. The van der Waals surface area contributed by atoms with E-state index in [0.717, 1.165) is 6.42 Å². The number of sulfonamides is 1. The molecule has 5 heteroatoms. The highest BCUT2D eigenvalue weighted by Gasteiger charge is 2.52. The fraction of sp³-hybridized carbons (Fsp3) is 0.700. The van der Waals surface area contributed by atoms with E-state index >= 15 is 0 Å². The molecule has 0 aliphatic heterocycles. The van der Waals surface area contributed by atoms with Crippen molar-refractivity contribution in [2.75, 3.05) is 0 Å². The van der Waals surface area contributed by atoms with Crippen LogP contribution in [0.2, 0.25) is 0 Å². The molecule has 2 aliphatic carbocycles. The van der Waals surface area contributed by atoms with Crippen molar-refractivity contribution in [1.29, 1.82) is 0 Å². The van der Waals surface area contributed by atoms with Gasteiger partial charge in [-0.2, -0.15) is 0 Å². The lowest BCUT2D eigenvalue weighted by molar-refractivity contribution is -0.120. The lowest BCUT2D eigenvalue weighted by atomic mass is 10.3. The Morgan fingerprint density at radius 3 is 2.53 bits per heavy atom. The lowest BCUT2D eigenvalue weighted by Gasteiger charge is -2.11.